The molecule has 1 aromatic carbocycles. The zero-order valence-electron chi connectivity index (χ0n) is 9.41. The fourth-order valence-corrected chi connectivity index (χ4v) is 3.48. The number of likely N-dealkylation sites (N-methyl/N-ethyl adjacent to an activating group) is 1. The molecule has 0 aliphatic carbocycles. The Morgan fingerprint density at radius 2 is 2.06 bits per heavy atom. The average Bonchev–Trinajstić information content (AvgIpc) is 2.73. The van der Waals surface area contributed by atoms with E-state index in [2.05, 4.69) is 45.5 Å². The molecule has 4 heteroatoms. The van der Waals surface area contributed by atoms with Crippen molar-refractivity contribution in [2.75, 3.05) is 7.05 Å². The van der Waals surface area contributed by atoms with Crippen LogP contribution in [0.15, 0.2) is 40.9 Å². The van der Waals surface area contributed by atoms with Gasteiger partial charge in [0.25, 0.3) is 0 Å². The highest BCUT2D eigenvalue weighted by molar-refractivity contribution is 9.10. The fraction of sp³-hybridized carbons (Fsp3) is 0.231. The van der Waals surface area contributed by atoms with Gasteiger partial charge in [-0.15, -0.1) is 11.3 Å². The number of nitrogens with one attached hydrogen (secondary N) is 1. The van der Waals surface area contributed by atoms with Crippen molar-refractivity contribution in [1.82, 2.24) is 5.32 Å². The average molecular weight is 331 g/mol. The topological polar surface area (TPSA) is 12.0 Å². The van der Waals surface area contributed by atoms with Crippen molar-refractivity contribution >= 4 is 38.9 Å². The van der Waals surface area contributed by atoms with E-state index in [1.165, 1.54) is 10.4 Å². The monoisotopic (exact) mass is 329 g/mol. The second-order valence-corrected chi connectivity index (χ2v) is 6.43. The van der Waals surface area contributed by atoms with E-state index in [0.717, 1.165) is 15.2 Å². The number of rotatable bonds is 4. The predicted molar refractivity (Wildman–Crippen MR) is 79.0 cm³/mol. The molecule has 0 fully saturated rings. The Bertz CT molecular complexity index is 498. The van der Waals surface area contributed by atoms with Gasteiger partial charge < -0.3 is 5.32 Å². The lowest BCUT2D eigenvalue weighted by Crippen LogP contribution is -2.18. The van der Waals surface area contributed by atoms with Crippen molar-refractivity contribution in [3.05, 3.63) is 55.6 Å². The van der Waals surface area contributed by atoms with Crippen LogP contribution in [0, 0.1) is 0 Å². The summed E-state index contributed by atoms with van der Waals surface area (Å²) in [4.78, 5) is 1.30. The molecule has 1 unspecified atom stereocenters. The third-order valence-electron chi connectivity index (χ3n) is 2.66. The minimum Gasteiger partial charge on any atom is -0.313 e. The van der Waals surface area contributed by atoms with Crippen LogP contribution in [0.1, 0.15) is 16.5 Å². The van der Waals surface area contributed by atoms with Crippen molar-refractivity contribution in [2.45, 2.75) is 12.5 Å². The van der Waals surface area contributed by atoms with Gasteiger partial charge >= 0.3 is 0 Å². The Labute approximate surface area is 119 Å². The van der Waals surface area contributed by atoms with Crippen molar-refractivity contribution in [3.63, 3.8) is 0 Å². The molecular formula is C13H13BrClNS. The highest BCUT2D eigenvalue weighted by Crippen LogP contribution is 2.29. The molecule has 2 aromatic rings. The van der Waals surface area contributed by atoms with Gasteiger partial charge in [0.15, 0.2) is 0 Å². The first-order chi connectivity index (χ1) is 8.20. The van der Waals surface area contributed by atoms with E-state index < -0.39 is 0 Å². The van der Waals surface area contributed by atoms with Gasteiger partial charge in [0, 0.05) is 21.8 Å². The lowest BCUT2D eigenvalue weighted by Gasteiger charge is -2.17. The normalized spacial score (nSPS) is 12.6. The van der Waals surface area contributed by atoms with E-state index in [1.54, 1.807) is 11.3 Å². The number of hydrogen-bond donors (Lipinski definition) is 1. The van der Waals surface area contributed by atoms with Gasteiger partial charge in [-0.3, -0.25) is 0 Å². The van der Waals surface area contributed by atoms with Crippen LogP contribution in [0.4, 0.5) is 0 Å². The van der Waals surface area contributed by atoms with Gasteiger partial charge in [0.1, 0.15) is 0 Å². The molecule has 1 N–H and O–H groups in total. The summed E-state index contributed by atoms with van der Waals surface area (Å²) in [6, 6.07) is 12.7. The zero-order valence-corrected chi connectivity index (χ0v) is 12.6. The Kier molecular flexibility index (Phi) is 4.62. The summed E-state index contributed by atoms with van der Waals surface area (Å²) in [5.74, 6) is 0. The maximum atomic E-state index is 5.95. The zero-order chi connectivity index (χ0) is 12.3. The Hall–Kier alpha value is -0.350. The van der Waals surface area contributed by atoms with E-state index >= 15 is 0 Å². The molecule has 17 heavy (non-hydrogen) atoms. The molecule has 0 spiro atoms. The number of halogens is 2. The summed E-state index contributed by atoms with van der Waals surface area (Å²) < 4.78 is 1.99. The number of hydrogen-bond acceptors (Lipinski definition) is 2. The minimum atomic E-state index is 0.306. The second kappa shape index (κ2) is 6.01. The first-order valence-corrected chi connectivity index (χ1v) is 7.35. The smallest absolute Gasteiger partial charge is 0.0931 e. The Morgan fingerprint density at radius 1 is 1.29 bits per heavy atom. The van der Waals surface area contributed by atoms with Gasteiger partial charge in [0.05, 0.1) is 4.34 Å². The number of benzene rings is 1. The van der Waals surface area contributed by atoms with E-state index in [4.69, 9.17) is 11.6 Å². The molecule has 0 amide bonds. The fourth-order valence-electron chi connectivity index (χ4n) is 1.79. The Balaban J connectivity index is 2.20. The summed E-state index contributed by atoms with van der Waals surface area (Å²) in [5, 5.41) is 3.35. The van der Waals surface area contributed by atoms with Crippen LogP contribution in [0.2, 0.25) is 4.34 Å². The van der Waals surface area contributed by atoms with Crippen LogP contribution < -0.4 is 5.32 Å². The quantitative estimate of drug-likeness (QED) is 0.859. The van der Waals surface area contributed by atoms with Gasteiger partial charge in [-0.25, -0.2) is 0 Å². The summed E-state index contributed by atoms with van der Waals surface area (Å²) in [6.45, 7) is 0. The first kappa shape index (κ1) is 13.1. The van der Waals surface area contributed by atoms with Crippen LogP contribution in [0.5, 0.6) is 0 Å². The van der Waals surface area contributed by atoms with E-state index in [0.29, 0.717) is 6.04 Å². The SMILES string of the molecule is CNC(Cc1ccc(Cl)s1)c1ccccc1Br. The molecule has 0 radical (unpaired) electrons. The van der Waals surface area contributed by atoms with Crippen molar-refractivity contribution in [3.8, 4) is 0 Å². The molecule has 1 aromatic heterocycles. The van der Waals surface area contributed by atoms with Crippen LogP contribution >= 0.6 is 38.9 Å². The van der Waals surface area contributed by atoms with Crippen molar-refractivity contribution < 1.29 is 0 Å². The molecule has 1 nitrogen and oxygen atoms in total. The van der Waals surface area contributed by atoms with Crippen LogP contribution in [-0.4, -0.2) is 7.05 Å². The van der Waals surface area contributed by atoms with Gasteiger partial charge in [0.2, 0.25) is 0 Å². The van der Waals surface area contributed by atoms with Gasteiger partial charge in [-0.2, -0.15) is 0 Å². The van der Waals surface area contributed by atoms with Crippen molar-refractivity contribution in [1.29, 1.82) is 0 Å². The van der Waals surface area contributed by atoms with E-state index in [1.807, 2.05) is 19.2 Å². The lowest BCUT2D eigenvalue weighted by molar-refractivity contribution is 0.594. The first-order valence-electron chi connectivity index (χ1n) is 5.36. The molecular weight excluding hydrogens is 318 g/mol. The molecule has 0 saturated heterocycles. The van der Waals surface area contributed by atoms with E-state index in [9.17, 15) is 0 Å². The summed E-state index contributed by atoms with van der Waals surface area (Å²) in [6.07, 6.45) is 0.955. The second-order valence-electron chi connectivity index (χ2n) is 3.77. The molecule has 1 atom stereocenters. The maximum Gasteiger partial charge on any atom is 0.0931 e. The van der Waals surface area contributed by atoms with Gasteiger partial charge in [-0.05, 0) is 30.8 Å². The molecule has 1 heterocycles. The molecule has 0 saturated carbocycles. The predicted octanol–water partition coefficient (Wildman–Crippen LogP) is 4.67. The van der Waals surface area contributed by atoms with Crippen molar-refractivity contribution in [2.24, 2.45) is 0 Å². The van der Waals surface area contributed by atoms with Crippen LogP contribution in [0.3, 0.4) is 0 Å². The molecule has 0 aliphatic heterocycles. The highest BCUT2D eigenvalue weighted by Gasteiger charge is 2.13. The third kappa shape index (κ3) is 3.32. The largest absolute Gasteiger partial charge is 0.313 e. The molecule has 0 bridgehead atoms. The van der Waals surface area contributed by atoms with E-state index in [-0.39, 0.29) is 0 Å². The standard InChI is InChI=1S/C13H13BrClNS/c1-16-12(8-9-6-7-13(15)17-9)10-4-2-3-5-11(10)14/h2-7,12,16H,8H2,1H3. The third-order valence-corrected chi connectivity index (χ3v) is 4.64. The van der Waals surface area contributed by atoms with Gasteiger partial charge in [-0.1, -0.05) is 45.7 Å². The maximum absolute atomic E-state index is 5.95. The highest BCUT2D eigenvalue weighted by atomic mass is 79.9. The summed E-state index contributed by atoms with van der Waals surface area (Å²) in [7, 11) is 1.99. The molecule has 90 valence electrons. The minimum absolute atomic E-state index is 0.306. The van der Waals surface area contributed by atoms with Crippen LogP contribution in [-0.2, 0) is 6.42 Å². The van der Waals surface area contributed by atoms with Crippen LogP contribution in [0.25, 0.3) is 0 Å². The lowest BCUT2D eigenvalue weighted by atomic mass is 10.0. The Morgan fingerprint density at radius 3 is 2.65 bits per heavy atom. The molecule has 2 rings (SSSR count). The molecule has 0 aliphatic rings. The summed E-state index contributed by atoms with van der Waals surface area (Å²) >= 11 is 11.2. The summed E-state index contributed by atoms with van der Waals surface area (Å²) in [5.41, 5.74) is 1.28. The number of thiophene rings is 1.